The van der Waals surface area contributed by atoms with Gasteiger partial charge in [-0.2, -0.15) is 18.3 Å². The molecule has 1 aromatic carbocycles. The number of aromatic nitrogens is 4. The number of nitrogens with zero attached hydrogens (tertiary/aromatic N) is 4. The molecule has 0 atom stereocenters. The maximum absolute atomic E-state index is 13.0. The Morgan fingerprint density at radius 1 is 1.00 bits per heavy atom. The van der Waals surface area contributed by atoms with Gasteiger partial charge in [0.2, 0.25) is 0 Å². The second-order valence-electron chi connectivity index (χ2n) is 6.48. The maximum Gasteiger partial charge on any atom is 0.417 e. The Hall–Kier alpha value is -3.53. The van der Waals surface area contributed by atoms with E-state index >= 15 is 0 Å². The first-order chi connectivity index (χ1) is 13.3. The molecule has 28 heavy (non-hydrogen) atoms. The second kappa shape index (κ2) is 6.57. The summed E-state index contributed by atoms with van der Waals surface area (Å²) >= 11 is 0. The summed E-state index contributed by atoms with van der Waals surface area (Å²) < 4.78 is 42.3. The number of hydrogen-bond donors (Lipinski definition) is 0. The lowest BCUT2D eigenvalue weighted by Crippen LogP contribution is -2.02. The van der Waals surface area contributed by atoms with E-state index in [1.54, 1.807) is 24.0 Å². The van der Waals surface area contributed by atoms with Crippen molar-refractivity contribution in [1.82, 2.24) is 19.2 Å². The van der Waals surface area contributed by atoms with Crippen LogP contribution >= 0.6 is 0 Å². The lowest BCUT2D eigenvalue weighted by Gasteiger charge is -2.00. The fourth-order valence-corrected chi connectivity index (χ4v) is 2.96. The molecule has 4 nitrogen and oxygen atoms in total. The predicted octanol–water partition coefficient (Wildman–Crippen LogP) is 4.46. The van der Waals surface area contributed by atoms with Crippen molar-refractivity contribution >= 4 is 5.52 Å². The molecule has 3 heterocycles. The number of aryl methyl sites for hydroxylation is 2. The standard InChI is InChI=1S/C21H15F3N4/c1-14-11-28-13-18(21(22,23)24)9-20(28)19(26-14)7-6-15-4-3-5-16(8-15)17-10-25-27(2)12-17/h3-5,8-13H,1-2H3. The molecule has 0 saturated carbocycles. The number of alkyl halides is 3. The third-order valence-corrected chi connectivity index (χ3v) is 4.26. The summed E-state index contributed by atoms with van der Waals surface area (Å²) in [4.78, 5) is 4.32. The summed E-state index contributed by atoms with van der Waals surface area (Å²) in [7, 11) is 1.84. The Kier molecular flexibility index (Phi) is 4.19. The molecule has 0 amide bonds. The summed E-state index contributed by atoms with van der Waals surface area (Å²) in [6.45, 7) is 1.72. The minimum atomic E-state index is -4.41. The van der Waals surface area contributed by atoms with Crippen LogP contribution in [0.1, 0.15) is 22.5 Å². The molecule has 0 aliphatic rings. The molecular formula is C21H15F3N4. The van der Waals surface area contributed by atoms with E-state index in [2.05, 4.69) is 21.9 Å². The Morgan fingerprint density at radius 2 is 1.82 bits per heavy atom. The first-order valence-electron chi connectivity index (χ1n) is 8.47. The fourth-order valence-electron chi connectivity index (χ4n) is 2.96. The van der Waals surface area contributed by atoms with E-state index < -0.39 is 11.7 Å². The highest BCUT2D eigenvalue weighted by molar-refractivity contribution is 5.66. The van der Waals surface area contributed by atoms with Gasteiger partial charge >= 0.3 is 6.18 Å². The number of benzene rings is 1. The van der Waals surface area contributed by atoms with Crippen LogP contribution in [0.25, 0.3) is 16.6 Å². The molecule has 0 fully saturated rings. The average molecular weight is 380 g/mol. The van der Waals surface area contributed by atoms with Gasteiger partial charge in [0.05, 0.1) is 23.0 Å². The van der Waals surface area contributed by atoms with Crippen molar-refractivity contribution in [3.63, 3.8) is 0 Å². The smallest absolute Gasteiger partial charge is 0.319 e. The van der Waals surface area contributed by atoms with E-state index in [0.29, 0.717) is 16.9 Å². The van der Waals surface area contributed by atoms with Crippen molar-refractivity contribution in [2.24, 2.45) is 7.05 Å². The molecule has 0 unspecified atom stereocenters. The number of rotatable bonds is 1. The molecule has 0 spiro atoms. The zero-order chi connectivity index (χ0) is 19.9. The van der Waals surface area contributed by atoms with E-state index in [1.807, 2.05) is 37.5 Å². The fraction of sp³-hybridized carbons (Fsp3) is 0.143. The highest BCUT2D eigenvalue weighted by atomic mass is 19.4. The second-order valence-corrected chi connectivity index (χ2v) is 6.48. The van der Waals surface area contributed by atoms with Gasteiger partial charge in [-0.1, -0.05) is 18.1 Å². The van der Waals surface area contributed by atoms with E-state index in [4.69, 9.17) is 0 Å². The topological polar surface area (TPSA) is 35.1 Å². The van der Waals surface area contributed by atoms with Crippen LogP contribution in [0.15, 0.2) is 55.1 Å². The Bertz CT molecular complexity index is 1240. The molecule has 4 rings (SSSR count). The van der Waals surface area contributed by atoms with Gasteiger partial charge in [0.15, 0.2) is 0 Å². The van der Waals surface area contributed by atoms with Crippen molar-refractivity contribution < 1.29 is 13.2 Å². The number of halogens is 3. The lowest BCUT2D eigenvalue weighted by molar-refractivity contribution is -0.137. The van der Waals surface area contributed by atoms with Gasteiger partial charge in [0.25, 0.3) is 0 Å². The van der Waals surface area contributed by atoms with Gasteiger partial charge in [-0.25, -0.2) is 4.98 Å². The minimum Gasteiger partial charge on any atom is -0.319 e. The molecular weight excluding hydrogens is 365 g/mol. The normalized spacial score (nSPS) is 11.5. The quantitative estimate of drug-likeness (QED) is 0.457. The largest absolute Gasteiger partial charge is 0.417 e. The summed E-state index contributed by atoms with van der Waals surface area (Å²) in [5.74, 6) is 5.93. The molecule has 0 N–H and O–H groups in total. The van der Waals surface area contributed by atoms with Crippen LogP contribution in [-0.2, 0) is 13.2 Å². The SMILES string of the molecule is Cc1cn2cc(C(F)(F)F)cc2c(C#Cc2cccc(-c3cnn(C)c3)c2)n1. The number of fused-ring (bicyclic) bond motifs is 1. The molecule has 4 aromatic rings. The van der Waals surface area contributed by atoms with Gasteiger partial charge in [0, 0.05) is 36.8 Å². The first kappa shape index (κ1) is 17.9. The van der Waals surface area contributed by atoms with Gasteiger partial charge in [0.1, 0.15) is 5.69 Å². The third kappa shape index (κ3) is 3.49. The zero-order valence-electron chi connectivity index (χ0n) is 15.1. The van der Waals surface area contributed by atoms with Crippen LogP contribution in [0.3, 0.4) is 0 Å². The molecule has 7 heteroatoms. The van der Waals surface area contributed by atoms with Crippen molar-refractivity contribution in [1.29, 1.82) is 0 Å². The summed E-state index contributed by atoms with van der Waals surface area (Å²) in [6.07, 6.45) is 1.86. The Morgan fingerprint density at radius 3 is 2.54 bits per heavy atom. The molecule has 140 valence electrons. The average Bonchev–Trinajstić information content (AvgIpc) is 3.26. The van der Waals surface area contributed by atoms with Crippen molar-refractivity contribution in [2.75, 3.05) is 0 Å². The van der Waals surface area contributed by atoms with Gasteiger partial charge < -0.3 is 4.40 Å². The van der Waals surface area contributed by atoms with Gasteiger partial charge in [-0.15, -0.1) is 0 Å². The van der Waals surface area contributed by atoms with E-state index in [-0.39, 0.29) is 0 Å². The molecule has 0 bridgehead atoms. The molecule has 0 aliphatic heterocycles. The van der Waals surface area contributed by atoms with E-state index in [9.17, 15) is 13.2 Å². The highest BCUT2D eigenvalue weighted by Crippen LogP contribution is 2.31. The van der Waals surface area contributed by atoms with Crippen LogP contribution in [-0.4, -0.2) is 19.2 Å². The molecule has 3 aromatic heterocycles. The van der Waals surface area contributed by atoms with E-state index in [1.165, 1.54) is 4.40 Å². The third-order valence-electron chi connectivity index (χ3n) is 4.26. The summed E-state index contributed by atoms with van der Waals surface area (Å²) in [6, 6.07) is 8.66. The predicted molar refractivity (Wildman–Crippen MR) is 99.6 cm³/mol. The zero-order valence-corrected chi connectivity index (χ0v) is 15.1. The van der Waals surface area contributed by atoms with Gasteiger partial charge in [-0.3, -0.25) is 4.68 Å². The minimum absolute atomic E-state index is 0.308. The van der Waals surface area contributed by atoms with Crippen LogP contribution in [0, 0.1) is 18.8 Å². The molecule has 0 aliphatic carbocycles. The Balaban J connectivity index is 1.75. The van der Waals surface area contributed by atoms with Crippen molar-refractivity contribution in [2.45, 2.75) is 13.1 Å². The lowest BCUT2D eigenvalue weighted by atomic mass is 10.1. The Labute approximate surface area is 159 Å². The van der Waals surface area contributed by atoms with Crippen LogP contribution in [0.4, 0.5) is 13.2 Å². The summed E-state index contributed by atoms with van der Waals surface area (Å²) in [5.41, 5.74) is 3.17. The monoisotopic (exact) mass is 380 g/mol. The molecule has 0 radical (unpaired) electrons. The number of hydrogen-bond acceptors (Lipinski definition) is 2. The highest BCUT2D eigenvalue weighted by Gasteiger charge is 2.32. The summed E-state index contributed by atoms with van der Waals surface area (Å²) in [5, 5.41) is 4.16. The van der Waals surface area contributed by atoms with Crippen LogP contribution in [0.2, 0.25) is 0 Å². The first-order valence-corrected chi connectivity index (χ1v) is 8.47. The molecule has 0 saturated heterocycles. The maximum atomic E-state index is 13.0. The van der Waals surface area contributed by atoms with Crippen molar-refractivity contribution in [3.05, 3.63) is 77.6 Å². The van der Waals surface area contributed by atoms with Crippen LogP contribution in [0.5, 0.6) is 0 Å². The van der Waals surface area contributed by atoms with E-state index in [0.717, 1.165) is 29.0 Å². The van der Waals surface area contributed by atoms with Crippen LogP contribution < -0.4 is 0 Å². The van der Waals surface area contributed by atoms with Crippen molar-refractivity contribution in [3.8, 4) is 23.0 Å². The van der Waals surface area contributed by atoms with Gasteiger partial charge in [-0.05, 0) is 36.6 Å².